The summed E-state index contributed by atoms with van der Waals surface area (Å²) in [5, 5.41) is 3.55. The molecule has 2 heterocycles. The lowest BCUT2D eigenvalue weighted by Crippen LogP contribution is -2.46. The average molecular weight is 384 g/mol. The molecular weight excluding hydrogens is 362 g/mol. The van der Waals surface area contributed by atoms with Crippen LogP contribution in [0.4, 0.5) is 5.69 Å². The highest BCUT2D eigenvalue weighted by molar-refractivity contribution is 6.30. The third kappa shape index (κ3) is 3.45. The summed E-state index contributed by atoms with van der Waals surface area (Å²) in [6.07, 6.45) is 1.60. The van der Waals surface area contributed by atoms with Gasteiger partial charge in [-0.15, -0.1) is 0 Å². The average Bonchev–Trinajstić information content (AvgIpc) is 3.07. The molecule has 1 unspecified atom stereocenters. The van der Waals surface area contributed by atoms with Crippen LogP contribution < -0.4 is 11.1 Å². The Labute approximate surface area is 163 Å². The van der Waals surface area contributed by atoms with Crippen molar-refractivity contribution in [3.05, 3.63) is 64.7 Å². The molecule has 2 amide bonds. The SMILES string of the molecule is N[C@@H](Cc1ccccc1)C(=O)N1CCC2(CC(=O)Nc3ccc(Cl)cc32)C1. The molecule has 1 fully saturated rings. The number of carbonyl (C=O) groups excluding carboxylic acids is 2. The lowest BCUT2D eigenvalue weighted by Gasteiger charge is -2.35. The van der Waals surface area contributed by atoms with Gasteiger partial charge in [0.05, 0.1) is 6.04 Å². The number of rotatable bonds is 3. The molecule has 0 saturated carbocycles. The number of nitrogens with one attached hydrogen (secondary N) is 1. The van der Waals surface area contributed by atoms with Gasteiger partial charge in [-0.25, -0.2) is 0 Å². The minimum Gasteiger partial charge on any atom is -0.340 e. The molecule has 3 N–H and O–H groups in total. The lowest BCUT2D eigenvalue weighted by molar-refractivity contribution is -0.132. The first-order chi connectivity index (χ1) is 13.0. The van der Waals surface area contributed by atoms with Crippen LogP contribution in [-0.4, -0.2) is 35.8 Å². The van der Waals surface area contributed by atoms with Gasteiger partial charge in [0.15, 0.2) is 0 Å². The van der Waals surface area contributed by atoms with Crippen LogP contribution in [0.2, 0.25) is 5.02 Å². The number of likely N-dealkylation sites (tertiary alicyclic amines) is 1. The van der Waals surface area contributed by atoms with Gasteiger partial charge in [-0.1, -0.05) is 41.9 Å². The zero-order chi connectivity index (χ0) is 19.0. The van der Waals surface area contributed by atoms with Gasteiger partial charge in [-0.2, -0.15) is 0 Å². The molecule has 140 valence electrons. The van der Waals surface area contributed by atoms with Gasteiger partial charge in [0.1, 0.15) is 0 Å². The van der Waals surface area contributed by atoms with Crippen molar-refractivity contribution in [2.24, 2.45) is 5.73 Å². The minimum atomic E-state index is -0.584. The van der Waals surface area contributed by atoms with Crippen molar-refractivity contribution in [2.45, 2.75) is 30.7 Å². The second-order valence-electron chi connectivity index (χ2n) is 7.50. The summed E-state index contributed by atoms with van der Waals surface area (Å²) >= 11 is 6.20. The van der Waals surface area contributed by atoms with Crippen LogP contribution in [-0.2, 0) is 21.4 Å². The van der Waals surface area contributed by atoms with Crippen LogP contribution in [0, 0.1) is 0 Å². The van der Waals surface area contributed by atoms with E-state index in [1.807, 2.05) is 42.5 Å². The molecule has 0 aromatic heterocycles. The number of fused-ring (bicyclic) bond motifs is 2. The minimum absolute atomic E-state index is 0.0206. The highest BCUT2D eigenvalue weighted by Gasteiger charge is 2.47. The molecular formula is C21H22ClN3O2. The summed E-state index contributed by atoms with van der Waals surface area (Å²) in [4.78, 5) is 27.0. The number of hydrogen-bond donors (Lipinski definition) is 2. The molecule has 2 aliphatic rings. The second-order valence-corrected chi connectivity index (χ2v) is 7.94. The molecule has 2 aromatic carbocycles. The number of nitrogens with two attached hydrogens (primary N) is 1. The molecule has 1 saturated heterocycles. The molecule has 2 aromatic rings. The smallest absolute Gasteiger partial charge is 0.239 e. The Kier molecular flexibility index (Phi) is 4.66. The largest absolute Gasteiger partial charge is 0.340 e. The zero-order valence-corrected chi connectivity index (χ0v) is 15.7. The van der Waals surface area contributed by atoms with E-state index in [1.165, 1.54) is 0 Å². The number of carbonyl (C=O) groups is 2. The van der Waals surface area contributed by atoms with E-state index in [2.05, 4.69) is 5.32 Å². The van der Waals surface area contributed by atoms with E-state index >= 15 is 0 Å². The van der Waals surface area contributed by atoms with Crippen molar-refractivity contribution in [1.82, 2.24) is 4.90 Å². The Balaban J connectivity index is 1.54. The van der Waals surface area contributed by atoms with Crippen LogP contribution in [0.1, 0.15) is 24.0 Å². The van der Waals surface area contributed by atoms with E-state index in [0.717, 1.165) is 23.2 Å². The Hall–Kier alpha value is -2.37. The highest BCUT2D eigenvalue weighted by Crippen LogP contribution is 2.45. The molecule has 5 nitrogen and oxygen atoms in total. The molecule has 27 heavy (non-hydrogen) atoms. The number of anilines is 1. The lowest BCUT2D eigenvalue weighted by atomic mass is 9.74. The molecule has 4 rings (SSSR count). The van der Waals surface area contributed by atoms with E-state index in [4.69, 9.17) is 17.3 Å². The maximum Gasteiger partial charge on any atom is 0.239 e. The standard InChI is InChI=1S/C21H22ClN3O2/c22-15-6-7-18-16(11-15)21(12-19(26)24-18)8-9-25(13-21)20(27)17(23)10-14-4-2-1-3-5-14/h1-7,11,17H,8-10,12-13,23H2,(H,24,26)/t17-,21?/m0/s1. The van der Waals surface area contributed by atoms with Gasteiger partial charge in [0.25, 0.3) is 0 Å². The maximum absolute atomic E-state index is 12.9. The number of halogens is 1. The summed E-state index contributed by atoms with van der Waals surface area (Å²) in [5.74, 6) is -0.0852. The molecule has 0 bridgehead atoms. The predicted molar refractivity (Wildman–Crippen MR) is 106 cm³/mol. The quantitative estimate of drug-likeness (QED) is 0.855. The van der Waals surface area contributed by atoms with Crippen molar-refractivity contribution in [3.63, 3.8) is 0 Å². The summed E-state index contributed by atoms with van der Waals surface area (Å²) in [5.41, 5.74) is 8.67. The molecule has 0 aliphatic carbocycles. The van der Waals surface area contributed by atoms with Crippen LogP contribution in [0.5, 0.6) is 0 Å². The summed E-state index contributed by atoms with van der Waals surface area (Å²) < 4.78 is 0. The highest BCUT2D eigenvalue weighted by atomic mass is 35.5. The monoisotopic (exact) mass is 383 g/mol. The van der Waals surface area contributed by atoms with Crippen molar-refractivity contribution >= 4 is 29.1 Å². The van der Waals surface area contributed by atoms with E-state index in [1.54, 1.807) is 11.0 Å². The number of benzene rings is 2. The van der Waals surface area contributed by atoms with Gasteiger partial charge >= 0.3 is 0 Å². The van der Waals surface area contributed by atoms with Gasteiger partial charge < -0.3 is 16.0 Å². The summed E-state index contributed by atoms with van der Waals surface area (Å²) in [6.45, 7) is 1.09. The fourth-order valence-electron chi connectivity index (χ4n) is 4.28. The molecule has 2 atom stereocenters. The Morgan fingerprint density at radius 1 is 1.26 bits per heavy atom. The number of hydrogen-bond acceptors (Lipinski definition) is 3. The van der Waals surface area contributed by atoms with Crippen LogP contribution >= 0.6 is 11.6 Å². The van der Waals surface area contributed by atoms with E-state index in [9.17, 15) is 9.59 Å². The van der Waals surface area contributed by atoms with E-state index < -0.39 is 6.04 Å². The van der Waals surface area contributed by atoms with E-state index in [-0.39, 0.29) is 17.2 Å². The van der Waals surface area contributed by atoms with Gasteiger partial charge in [-0.05, 0) is 42.2 Å². The Morgan fingerprint density at radius 3 is 2.81 bits per heavy atom. The van der Waals surface area contributed by atoms with Gasteiger partial charge in [0, 0.05) is 35.6 Å². The molecule has 6 heteroatoms. The maximum atomic E-state index is 12.9. The first kappa shape index (κ1) is 18.0. The van der Waals surface area contributed by atoms with Crippen molar-refractivity contribution in [2.75, 3.05) is 18.4 Å². The molecule has 2 aliphatic heterocycles. The first-order valence-electron chi connectivity index (χ1n) is 9.15. The van der Waals surface area contributed by atoms with E-state index in [0.29, 0.717) is 31.0 Å². The Bertz CT molecular complexity index is 886. The summed E-state index contributed by atoms with van der Waals surface area (Å²) in [7, 11) is 0. The van der Waals surface area contributed by atoms with Crippen molar-refractivity contribution in [3.8, 4) is 0 Å². The van der Waals surface area contributed by atoms with Gasteiger partial charge in [0.2, 0.25) is 11.8 Å². The Morgan fingerprint density at radius 2 is 2.04 bits per heavy atom. The third-order valence-electron chi connectivity index (χ3n) is 5.61. The molecule has 1 spiro atoms. The van der Waals surface area contributed by atoms with Crippen LogP contribution in [0.25, 0.3) is 0 Å². The topological polar surface area (TPSA) is 75.4 Å². The molecule has 0 radical (unpaired) electrons. The van der Waals surface area contributed by atoms with Crippen LogP contribution in [0.3, 0.4) is 0 Å². The predicted octanol–water partition coefficient (Wildman–Crippen LogP) is 2.72. The van der Waals surface area contributed by atoms with Crippen LogP contribution in [0.15, 0.2) is 48.5 Å². The van der Waals surface area contributed by atoms with Crippen molar-refractivity contribution < 1.29 is 9.59 Å². The normalized spacial score (nSPS) is 22.4. The third-order valence-corrected chi connectivity index (χ3v) is 5.84. The fraction of sp³-hybridized carbons (Fsp3) is 0.333. The second kappa shape index (κ2) is 6.98. The van der Waals surface area contributed by atoms with Gasteiger partial charge in [-0.3, -0.25) is 9.59 Å². The van der Waals surface area contributed by atoms with Crippen molar-refractivity contribution in [1.29, 1.82) is 0 Å². The number of amides is 2. The first-order valence-corrected chi connectivity index (χ1v) is 9.53. The summed E-state index contributed by atoms with van der Waals surface area (Å²) in [6, 6.07) is 14.7. The zero-order valence-electron chi connectivity index (χ0n) is 15.0. The number of nitrogens with zero attached hydrogens (tertiary/aromatic N) is 1. The fourth-order valence-corrected chi connectivity index (χ4v) is 4.45.